The lowest BCUT2D eigenvalue weighted by atomic mass is 10.1. The number of anilines is 1. The van der Waals surface area contributed by atoms with E-state index in [1.165, 1.54) is 6.07 Å². The van der Waals surface area contributed by atoms with E-state index in [2.05, 4.69) is 20.3 Å². The third-order valence-electron chi connectivity index (χ3n) is 3.70. The highest BCUT2D eigenvalue weighted by Crippen LogP contribution is 2.24. The van der Waals surface area contributed by atoms with Crippen molar-refractivity contribution in [3.05, 3.63) is 57.3 Å². The SMILES string of the molecule is Cc1nc(NC(=O)CSc2nc(-c3ccccc3)cc(=O)[nH]2)sc1C(=O)OC(C)C. The minimum Gasteiger partial charge on any atom is -0.459 e. The summed E-state index contributed by atoms with van der Waals surface area (Å²) in [7, 11) is 0. The molecule has 3 rings (SSSR count). The highest BCUT2D eigenvalue weighted by molar-refractivity contribution is 7.99. The van der Waals surface area contributed by atoms with Crippen molar-refractivity contribution in [3.63, 3.8) is 0 Å². The van der Waals surface area contributed by atoms with Gasteiger partial charge in [0.15, 0.2) is 10.3 Å². The number of hydrogen-bond acceptors (Lipinski definition) is 8. The van der Waals surface area contributed by atoms with Crippen LogP contribution in [0, 0.1) is 6.92 Å². The Morgan fingerprint density at radius 1 is 1.23 bits per heavy atom. The van der Waals surface area contributed by atoms with Crippen LogP contribution in [-0.2, 0) is 9.53 Å². The van der Waals surface area contributed by atoms with Crippen molar-refractivity contribution < 1.29 is 14.3 Å². The number of carbonyl (C=O) groups excluding carboxylic acids is 2. The van der Waals surface area contributed by atoms with Crippen LogP contribution in [0.15, 0.2) is 46.3 Å². The first-order valence-electron chi connectivity index (χ1n) is 9.09. The Balaban J connectivity index is 1.64. The summed E-state index contributed by atoms with van der Waals surface area (Å²) in [5, 5.41) is 3.32. The first kappa shape index (κ1) is 21.7. The number of carbonyl (C=O) groups is 2. The number of H-pyrrole nitrogens is 1. The van der Waals surface area contributed by atoms with Gasteiger partial charge in [-0.3, -0.25) is 9.59 Å². The monoisotopic (exact) mass is 444 g/mol. The number of rotatable bonds is 7. The molecule has 3 aromatic rings. The van der Waals surface area contributed by atoms with Gasteiger partial charge in [-0.25, -0.2) is 14.8 Å². The average molecular weight is 445 g/mol. The van der Waals surface area contributed by atoms with Gasteiger partial charge in [0.2, 0.25) is 5.91 Å². The highest BCUT2D eigenvalue weighted by atomic mass is 32.2. The molecule has 0 spiro atoms. The zero-order valence-electron chi connectivity index (χ0n) is 16.6. The van der Waals surface area contributed by atoms with Crippen molar-refractivity contribution >= 4 is 40.1 Å². The molecule has 0 aliphatic carbocycles. The van der Waals surface area contributed by atoms with Gasteiger partial charge in [0.05, 0.1) is 23.2 Å². The van der Waals surface area contributed by atoms with Crippen LogP contribution in [0.2, 0.25) is 0 Å². The van der Waals surface area contributed by atoms with Crippen LogP contribution >= 0.6 is 23.1 Å². The van der Waals surface area contributed by atoms with Gasteiger partial charge in [-0.05, 0) is 20.8 Å². The Hall–Kier alpha value is -2.98. The standard InChI is InChI=1S/C20H20N4O4S2/c1-11(2)28-18(27)17-12(3)21-20(30-17)24-16(26)10-29-19-22-14(9-15(25)23-19)13-7-5-4-6-8-13/h4-9,11H,10H2,1-3H3,(H,21,24,26)(H,22,23,25). The maximum atomic E-state index is 12.3. The number of aromatic nitrogens is 3. The summed E-state index contributed by atoms with van der Waals surface area (Å²) in [5.74, 6) is -0.773. The van der Waals surface area contributed by atoms with E-state index in [0.29, 0.717) is 26.6 Å². The van der Waals surface area contributed by atoms with E-state index in [1.807, 2.05) is 30.3 Å². The first-order chi connectivity index (χ1) is 14.3. The van der Waals surface area contributed by atoms with Crippen molar-refractivity contribution in [2.75, 3.05) is 11.1 Å². The lowest BCUT2D eigenvalue weighted by Crippen LogP contribution is -2.15. The lowest BCUT2D eigenvalue weighted by Gasteiger charge is -2.05. The summed E-state index contributed by atoms with van der Waals surface area (Å²) >= 11 is 2.16. The van der Waals surface area contributed by atoms with Gasteiger partial charge in [0, 0.05) is 11.6 Å². The van der Waals surface area contributed by atoms with Crippen molar-refractivity contribution in [2.45, 2.75) is 32.0 Å². The Bertz CT molecular complexity index is 1110. The predicted octanol–water partition coefficient (Wildman–Crippen LogP) is 3.50. The highest BCUT2D eigenvalue weighted by Gasteiger charge is 2.19. The van der Waals surface area contributed by atoms with Crippen LogP contribution in [0.3, 0.4) is 0 Å². The number of hydrogen-bond donors (Lipinski definition) is 2. The molecule has 2 N–H and O–H groups in total. The molecule has 0 saturated carbocycles. The third-order valence-corrected chi connectivity index (χ3v) is 5.63. The van der Waals surface area contributed by atoms with Gasteiger partial charge in [0.1, 0.15) is 4.88 Å². The minimum atomic E-state index is -0.464. The summed E-state index contributed by atoms with van der Waals surface area (Å²) in [4.78, 5) is 47.9. The van der Waals surface area contributed by atoms with E-state index < -0.39 is 5.97 Å². The number of esters is 1. The molecule has 0 aliphatic heterocycles. The van der Waals surface area contributed by atoms with Crippen molar-refractivity contribution in [1.29, 1.82) is 0 Å². The fraction of sp³-hybridized carbons (Fsp3) is 0.250. The Kier molecular flexibility index (Phi) is 7.01. The second-order valence-electron chi connectivity index (χ2n) is 6.53. The van der Waals surface area contributed by atoms with Gasteiger partial charge >= 0.3 is 5.97 Å². The van der Waals surface area contributed by atoms with Crippen LogP contribution in [0.5, 0.6) is 0 Å². The zero-order valence-corrected chi connectivity index (χ0v) is 18.2. The summed E-state index contributed by atoms with van der Waals surface area (Å²) < 4.78 is 5.17. The molecule has 0 radical (unpaired) electrons. The molecular formula is C20H20N4O4S2. The maximum absolute atomic E-state index is 12.3. The molecule has 1 aromatic carbocycles. The van der Waals surface area contributed by atoms with E-state index in [9.17, 15) is 14.4 Å². The van der Waals surface area contributed by atoms with Gasteiger partial charge in [0.25, 0.3) is 5.56 Å². The molecule has 0 atom stereocenters. The summed E-state index contributed by atoms with van der Waals surface area (Å²) in [6, 6.07) is 10.7. The fourth-order valence-corrected chi connectivity index (χ4v) is 4.00. The Labute approximate surface area is 181 Å². The zero-order chi connectivity index (χ0) is 21.7. The summed E-state index contributed by atoms with van der Waals surface area (Å²) in [6.07, 6.45) is -0.241. The Morgan fingerprint density at radius 2 is 1.97 bits per heavy atom. The topological polar surface area (TPSA) is 114 Å². The van der Waals surface area contributed by atoms with Gasteiger partial charge in [-0.1, -0.05) is 53.4 Å². The van der Waals surface area contributed by atoms with Crippen molar-refractivity contribution in [3.8, 4) is 11.3 Å². The molecule has 2 aromatic heterocycles. The summed E-state index contributed by atoms with van der Waals surface area (Å²) in [6.45, 7) is 5.21. The van der Waals surface area contributed by atoms with E-state index in [4.69, 9.17) is 4.74 Å². The predicted molar refractivity (Wildman–Crippen MR) is 117 cm³/mol. The van der Waals surface area contributed by atoms with Crippen molar-refractivity contribution in [1.82, 2.24) is 15.0 Å². The largest absolute Gasteiger partial charge is 0.459 e. The van der Waals surface area contributed by atoms with Gasteiger partial charge in [-0.2, -0.15) is 0 Å². The molecule has 1 amide bonds. The normalized spacial score (nSPS) is 10.8. The smallest absolute Gasteiger partial charge is 0.350 e. The van der Waals surface area contributed by atoms with E-state index in [-0.39, 0.29) is 23.3 Å². The van der Waals surface area contributed by atoms with Crippen LogP contribution in [0.4, 0.5) is 5.13 Å². The molecule has 0 unspecified atom stereocenters. The number of nitrogens with zero attached hydrogens (tertiary/aromatic N) is 2. The summed E-state index contributed by atoms with van der Waals surface area (Å²) in [5.41, 5.74) is 1.55. The quantitative estimate of drug-likeness (QED) is 0.326. The molecule has 8 nitrogen and oxygen atoms in total. The van der Waals surface area contributed by atoms with E-state index >= 15 is 0 Å². The van der Waals surface area contributed by atoms with Crippen LogP contribution in [0.1, 0.15) is 29.2 Å². The molecule has 2 heterocycles. The second kappa shape index (κ2) is 9.68. The average Bonchev–Trinajstić information content (AvgIpc) is 3.06. The number of amides is 1. The number of aryl methyl sites for hydroxylation is 1. The number of benzene rings is 1. The van der Waals surface area contributed by atoms with Gasteiger partial charge in [-0.15, -0.1) is 0 Å². The number of aromatic amines is 1. The van der Waals surface area contributed by atoms with E-state index in [1.54, 1.807) is 20.8 Å². The minimum absolute atomic E-state index is 0.0194. The molecular weight excluding hydrogens is 424 g/mol. The Morgan fingerprint density at radius 3 is 2.67 bits per heavy atom. The third kappa shape index (κ3) is 5.77. The second-order valence-corrected chi connectivity index (χ2v) is 8.49. The van der Waals surface area contributed by atoms with Crippen molar-refractivity contribution in [2.24, 2.45) is 0 Å². The van der Waals surface area contributed by atoms with E-state index in [0.717, 1.165) is 28.7 Å². The molecule has 0 bridgehead atoms. The maximum Gasteiger partial charge on any atom is 0.350 e. The van der Waals surface area contributed by atoms with Crippen LogP contribution in [-0.4, -0.2) is 38.7 Å². The molecule has 10 heteroatoms. The molecule has 0 aliphatic rings. The first-order valence-corrected chi connectivity index (χ1v) is 10.9. The van der Waals surface area contributed by atoms with Crippen LogP contribution in [0.25, 0.3) is 11.3 Å². The number of nitrogens with one attached hydrogen (secondary N) is 2. The van der Waals surface area contributed by atoms with Gasteiger partial charge < -0.3 is 15.0 Å². The molecule has 0 saturated heterocycles. The van der Waals surface area contributed by atoms with Crippen LogP contribution < -0.4 is 10.9 Å². The number of thiazole rings is 1. The number of ether oxygens (including phenoxy) is 1. The lowest BCUT2D eigenvalue weighted by molar-refractivity contribution is -0.113. The molecule has 0 fully saturated rings. The molecule has 156 valence electrons. The molecule has 30 heavy (non-hydrogen) atoms. The fourth-order valence-electron chi connectivity index (χ4n) is 2.46. The number of thioether (sulfide) groups is 1.